The smallest absolute Gasteiger partial charge is 0.0635 e. The minimum atomic E-state index is 1.09. The van der Waals surface area contributed by atoms with E-state index in [4.69, 9.17) is 0 Å². The number of hydrogen-bond donors (Lipinski definition) is 0. The Morgan fingerprint density at radius 1 is 1.70 bits per heavy atom. The van der Waals surface area contributed by atoms with E-state index < -0.39 is 0 Å². The van der Waals surface area contributed by atoms with Crippen LogP contribution >= 0.6 is 15.9 Å². The molecule has 3 heteroatoms. The monoisotopic (exact) mass is 202 g/mol. The van der Waals surface area contributed by atoms with Crippen molar-refractivity contribution in [3.05, 3.63) is 16.4 Å². The summed E-state index contributed by atoms with van der Waals surface area (Å²) in [4.78, 5) is 0. The van der Waals surface area contributed by atoms with Crippen LogP contribution in [0.3, 0.4) is 0 Å². The Labute approximate surface area is 69.4 Å². The molecule has 1 aromatic rings. The molecule has 0 amide bonds. The SMILES string of the molecule is CCCc1c(Br)cnn1C. The molecular formula is C7H11BrN2. The first-order valence-corrected chi connectivity index (χ1v) is 4.21. The highest BCUT2D eigenvalue weighted by molar-refractivity contribution is 9.10. The zero-order valence-electron chi connectivity index (χ0n) is 6.26. The van der Waals surface area contributed by atoms with Crippen molar-refractivity contribution in [2.45, 2.75) is 19.8 Å². The highest BCUT2D eigenvalue weighted by atomic mass is 79.9. The van der Waals surface area contributed by atoms with E-state index in [1.54, 1.807) is 0 Å². The van der Waals surface area contributed by atoms with Crippen LogP contribution in [0.15, 0.2) is 10.7 Å². The van der Waals surface area contributed by atoms with E-state index in [-0.39, 0.29) is 0 Å². The molecule has 0 saturated carbocycles. The third kappa shape index (κ3) is 1.40. The molecule has 0 N–H and O–H groups in total. The molecule has 1 aromatic heterocycles. The van der Waals surface area contributed by atoms with Crippen molar-refractivity contribution in [1.82, 2.24) is 9.78 Å². The summed E-state index contributed by atoms with van der Waals surface area (Å²) in [7, 11) is 1.97. The lowest BCUT2D eigenvalue weighted by Gasteiger charge is -1.98. The average molecular weight is 203 g/mol. The Morgan fingerprint density at radius 2 is 2.40 bits per heavy atom. The van der Waals surface area contributed by atoms with Gasteiger partial charge in [0.05, 0.1) is 16.4 Å². The number of hydrogen-bond acceptors (Lipinski definition) is 1. The van der Waals surface area contributed by atoms with Gasteiger partial charge in [-0.3, -0.25) is 4.68 Å². The van der Waals surface area contributed by atoms with Gasteiger partial charge in [0.2, 0.25) is 0 Å². The number of halogens is 1. The zero-order chi connectivity index (χ0) is 7.56. The van der Waals surface area contributed by atoms with Gasteiger partial charge < -0.3 is 0 Å². The maximum Gasteiger partial charge on any atom is 0.0635 e. The summed E-state index contributed by atoms with van der Waals surface area (Å²) in [5.41, 5.74) is 1.28. The maximum absolute atomic E-state index is 4.10. The van der Waals surface area contributed by atoms with Gasteiger partial charge in [0.25, 0.3) is 0 Å². The van der Waals surface area contributed by atoms with Gasteiger partial charge in [-0.15, -0.1) is 0 Å². The Kier molecular flexibility index (Phi) is 2.49. The Morgan fingerprint density at radius 3 is 2.80 bits per heavy atom. The lowest BCUT2D eigenvalue weighted by atomic mass is 10.2. The molecule has 0 radical (unpaired) electrons. The molecule has 2 nitrogen and oxygen atoms in total. The zero-order valence-corrected chi connectivity index (χ0v) is 7.85. The highest BCUT2D eigenvalue weighted by Gasteiger charge is 2.02. The molecule has 0 bridgehead atoms. The second-order valence-electron chi connectivity index (χ2n) is 2.31. The van der Waals surface area contributed by atoms with Crippen molar-refractivity contribution in [2.24, 2.45) is 7.05 Å². The molecule has 0 unspecified atom stereocenters. The Hall–Kier alpha value is -0.310. The van der Waals surface area contributed by atoms with E-state index in [0.717, 1.165) is 17.3 Å². The van der Waals surface area contributed by atoms with E-state index in [9.17, 15) is 0 Å². The van der Waals surface area contributed by atoms with Crippen molar-refractivity contribution >= 4 is 15.9 Å². The first kappa shape index (κ1) is 7.79. The van der Waals surface area contributed by atoms with Crippen LogP contribution in [-0.4, -0.2) is 9.78 Å². The predicted octanol–water partition coefficient (Wildman–Crippen LogP) is 2.14. The number of aryl methyl sites for hydroxylation is 1. The standard InChI is InChI=1S/C7H11BrN2/c1-3-4-7-6(8)5-9-10(7)2/h5H,3-4H2,1-2H3. The Bertz CT molecular complexity index is 198. The third-order valence-corrected chi connectivity index (χ3v) is 2.16. The van der Waals surface area contributed by atoms with E-state index >= 15 is 0 Å². The molecule has 0 fully saturated rings. The molecule has 0 aliphatic heterocycles. The topological polar surface area (TPSA) is 17.8 Å². The predicted molar refractivity (Wildman–Crippen MR) is 44.9 cm³/mol. The summed E-state index contributed by atoms with van der Waals surface area (Å²) in [5.74, 6) is 0. The summed E-state index contributed by atoms with van der Waals surface area (Å²) in [5, 5.41) is 4.10. The van der Waals surface area contributed by atoms with Crippen LogP contribution < -0.4 is 0 Å². The molecular weight excluding hydrogens is 192 g/mol. The molecule has 0 spiro atoms. The third-order valence-electron chi connectivity index (χ3n) is 1.50. The molecule has 0 aliphatic carbocycles. The van der Waals surface area contributed by atoms with Crippen molar-refractivity contribution in [3.63, 3.8) is 0 Å². The normalized spacial score (nSPS) is 10.3. The molecule has 10 heavy (non-hydrogen) atoms. The van der Waals surface area contributed by atoms with Gasteiger partial charge in [0.1, 0.15) is 0 Å². The van der Waals surface area contributed by atoms with Crippen LogP contribution in [-0.2, 0) is 13.5 Å². The second-order valence-corrected chi connectivity index (χ2v) is 3.17. The lowest BCUT2D eigenvalue weighted by Crippen LogP contribution is -1.97. The molecule has 56 valence electrons. The van der Waals surface area contributed by atoms with Gasteiger partial charge in [-0.05, 0) is 22.4 Å². The minimum absolute atomic E-state index is 1.09. The van der Waals surface area contributed by atoms with Crippen molar-refractivity contribution in [2.75, 3.05) is 0 Å². The first-order valence-electron chi connectivity index (χ1n) is 3.42. The van der Waals surface area contributed by atoms with Crippen LogP contribution in [0.1, 0.15) is 19.0 Å². The number of nitrogens with zero attached hydrogens (tertiary/aromatic N) is 2. The van der Waals surface area contributed by atoms with Crippen LogP contribution in [0.2, 0.25) is 0 Å². The van der Waals surface area contributed by atoms with Crippen LogP contribution in [0.25, 0.3) is 0 Å². The van der Waals surface area contributed by atoms with Gasteiger partial charge in [0, 0.05) is 7.05 Å². The maximum atomic E-state index is 4.10. The van der Waals surface area contributed by atoms with E-state index in [2.05, 4.69) is 28.0 Å². The summed E-state index contributed by atoms with van der Waals surface area (Å²) in [6, 6.07) is 0. The number of rotatable bonds is 2. The van der Waals surface area contributed by atoms with Crippen LogP contribution in [0.5, 0.6) is 0 Å². The molecule has 0 saturated heterocycles. The van der Waals surface area contributed by atoms with Crippen molar-refractivity contribution in [3.8, 4) is 0 Å². The summed E-state index contributed by atoms with van der Waals surface area (Å²) >= 11 is 3.43. The number of aromatic nitrogens is 2. The van der Waals surface area contributed by atoms with E-state index in [1.165, 1.54) is 5.69 Å². The van der Waals surface area contributed by atoms with Gasteiger partial charge in [0.15, 0.2) is 0 Å². The van der Waals surface area contributed by atoms with Crippen LogP contribution in [0, 0.1) is 0 Å². The largest absolute Gasteiger partial charge is 0.271 e. The van der Waals surface area contributed by atoms with E-state index in [1.807, 2.05) is 17.9 Å². The van der Waals surface area contributed by atoms with Crippen LogP contribution in [0.4, 0.5) is 0 Å². The molecule has 0 atom stereocenters. The summed E-state index contributed by atoms with van der Waals surface area (Å²) in [6.07, 6.45) is 4.10. The van der Waals surface area contributed by atoms with E-state index in [0.29, 0.717) is 0 Å². The summed E-state index contributed by atoms with van der Waals surface area (Å²) < 4.78 is 3.03. The van der Waals surface area contributed by atoms with Crippen molar-refractivity contribution in [1.29, 1.82) is 0 Å². The molecule has 1 heterocycles. The quantitative estimate of drug-likeness (QED) is 0.719. The van der Waals surface area contributed by atoms with Gasteiger partial charge in [-0.25, -0.2) is 0 Å². The first-order chi connectivity index (χ1) is 4.75. The van der Waals surface area contributed by atoms with Gasteiger partial charge in [-0.1, -0.05) is 13.3 Å². The van der Waals surface area contributed by atoms with Gasteiger partial charge in [-0.2, -0.15) is 5.10 Å². The Balaban J connectivity index is 2.87. The molecule has 0 aliphatic rings. The highest BCUT2D eigenvalue weighted by Crippen LogP contribution is 2.15. The average Bonchev–Trinajstić information content (AvgIpc) is 2.20. The van der Waals surface area contributed by atoms with Crippen molar-refractivity contribution < 1.29 is 0 Å². The second kappa shape index (κ2) is 3.19. The van der Waals surface area contributed by atoms with Gasteiger partial charge >= 0.3 is 0 Å². The fourth-order valence-electron chi connectivity index (χ4n) is 0.954. The fourth-order valence-corrected chi connectivity index (χ4v) is 1.50. The minimum Gasteiger partial charge on any atom is -0.271 e. The molecule has 1 rings (SSSR count). The summed E-state index contributed by atoms with van der Waals surface area (Å²) in [6.45, 7) is 2.17. The fraction of sp³-hybridized carbons (Fsp3) is 0.571. The molecule has 0 aromatic carbocycles. The lowest BCUT2D eigenvalue weighted by molar-refractivity contribution is 0.696.